The lowest BCUT2D eigenvalue weighted by Gasteiger charge is -2.13. The molecule has 1 fully saturated rings. The van der Waals surface area contributed by atoms with Gasteiger partial charge in [-0.15, -0.1) is 0 Å². The first-order valence-electron chi connectivity index (χ1n) is 5.15. The van der Waals surface area contributed by atoms with E-state index >= 15 is 0 Å². The summed E-state index contributed by atoms with van der Waals surface area (Å²) in [5, 5.41) is 0. The number of rotatable bonds is 5. The van der Waals surface area contributed by atoms with Gasteiger partial charge in [0.15, 0.2) is 0 Å². The van der Waals surface area contributed by atoms with Crippen LogP contribution in [0.1, 0.15) is 32.6 Å². The maximum absolute atomic E-state index is 11.5. The molecule has 0 aromatic heterocycles. The number of thiocarbonyl (C=S) groups is 1. The van der Waals surface area contributed by atoms with E-state index in [2.05, 4.69) is 0 Å². The number of carbonyl (C=O) groups is 2. The summed E-state index contributed by atoms with van der Waals surface area (Å²) in [6.07, 6.45) is 2.65. The number of nitrogens with zero attached hydrogens (tertiary/aromatic N) is 1. The second-order valence-corrected chi connectivity index (χ2v) is 4.44. The molecule has 0 aliphatic carbocycles. The lowest BCUT2D eigenvalue weighted by molar-refractivity contribution is -0.139. The highest BCUT2D eigenvalue weighted by molar-refractivity contribution is 7.80. The Balaban J connectivity index is 2.29. The molecule has 0 aromatic rings. The summed E-state index contributed by atoms with van der Waals surface area (Å²) in [6, 6.07) is 0. The van der Waals surface area contributed by atoms with E-state index < -0.39 is 0 Å². The van der Waals surface area contributed by atoms with Gasteiger partial charge in [0.2, 0.25) is 11.8 Å². The van der Waals surface area contributed by atoms with Gasteiger partial charge in [0.25, 0.3) is 0 Å². The van der Waals surface area contributed by atoms with E-state index in [9.17, 15) is 9.59 Å². The Morgan fingerprint density at radius 1 is 1.53 bits per heavy atom. The summed E-state index contributed by atoms with van der Waals surface area (Å²) in [6.45, 7) is 2.29. The van der Waals surface area contributed by atoms with Crippen LogP contribution < -0.4 is 5.73 Å². The van der Waals surface area contributed by atoms with Crippen molar-refractivity contribution in [1.82, 2.24) is 4.90 Å². The summed E-state index contributed by atoms with van der Waals surface area (Å²) in [7, 11) is 0. The fourth-order valence-electron chi connectivity index (χ4n) is 1.65. The van der Waals surface area contributed by atoms with Crippen molar-refractivity contribution in [2.45, 2.75) is 32.6 Å². The third kappa shape index (κ3) is 3.27. The second kappa shape index (κ2) is 5.21. The van der Waals surface area contributed by atoms with Gasteiger partial charge in [-0.05, 0) is 19.3 Å². The Labute approximate surface area is 94.8 Å². The van der Waals surface area contributed by atoms with Crippen molar-refractivity contribution in [3.05, 3.63) is 0 Å². The third-order valence-corrected chi connectivity index (χ3v) is 2.73. The number of hydrogen-bond donors (Lipinski definition) is 1. The van der Waals surface area contributed by atoms with Crippen LogP contribution in [0, 0.1) is 5.92 Å². The Hall–Kier alpha value is -0.970. The van der Waals surface area contributed by atoms with Gasteiger partial charge in [-0.1, -0.05) is 19.1 Å². The van der Waals surface area contributed by atoms with Gasteiger partial charge in [0, 0.05) is 18.9 Å². The van der Waals surface area contributed by atoms with Crippen molar-refractivity contribution in [2.75, 3.05) is 6.54 Å². The predicted octanol–water partition coefficient (Wildman–Crippen LogP) is 0.838. The summed E-state index contributed by atoms with van der Waals surface area (Å²) >= 11 is 4.74. The quantitative estimate of drug-likeness (QED) is 0.430. The molecule has 0 bridgehead atoms. The molecule has 5 heteroatoms. The zero-order valence-electron chi connectivity index (χ0n) is 8.86. The number of imide groups is 1. The predicted molar refractivity (Wildman–Crippen MR) is 61.1 cm³/mol. The van der Waals surface area contributed by atoms with E-state index in [4.69, 9.17) is 18.0 Å². The Bertz CT molecular complexity index is 291. The van der Waals surface area contributed by atoms with Crippen LogP contribution >= 0.6 is 12.2 Å². The highest BCUT2D eigenvalue weighted by Crippen LogP contribution is 2.19. The molecular weight excluding hydrogens is 212 g/mol. The summed E-state index contributed by atoms with van der Waals surface area (Å²) in [4.78, 5) is 24.7. The molecule has 4 nitrogen and oxygen atoms in total. The van der Waals surface area contributed by atoms with Crippen LogP contribution in [0.5, 0.6) is 0 Å². The fourth-order valence-corrected chi connectivity index (χ4v) is 1.80. The molecule has 0 spiro atoms. The molecule has 1 saturated heterocycles. The molecule has 1 aliphatic heterocycles. The monoisotopic (exact) mass is 228 g/mol. The van der Waals surface area contributed by atoms with Gasteiger partial charge in [0.1, 0.15) is 0 Å². The van der Waals surface area contributed by atoms with Crippen molar-refractivity contribution >= 4 is 29.0 Å². The van der Waals surface area contributed by atoms with E-state index in [0.717, 1.165) is 12.8 Å². The highest BCUT2D eigenvalue weighted by atomic mass is 32.1. The lowest BCUT2D eigenvalue weighted by atomic mass is 10.1. The van der Waals surface area contributed by atoms with Crippen LogP contribution in [-0.2, 0) is 9.59 Å². The average molecular weight is 228 g/mol. The van der Waals surface area contributed by atoms with E-state index in [1.54, 1.807) is 6.92 Å². The maximum Gasteiger partial charge on any atom is 0.232 e. The molecule has 1 heterocycles. The molecule has 0 radical (unpaired) electrons. The largest absolute Gasteiger partial charge is 0.393 e. The molecule has 15 heavy (non-hydrogen) atoms. The van der Waals surface area contributed by atoms with E-state index in [-0.39, 0.29) is 17.7 Å². The van der Waals surface area contributed by atoms with E-state index in [0.29, 0.717) is 24.4 Å². The minimum absolute atomic E-state index is 0.0460. The summed E-state index contributed by atoms with van der Waals surface area (Å²) < 4.78 is 0. The van der Waals surface area contributed by atoms with Crippen LogP contribution in [0.2, 0.25) is 0 Å². The number of likely N-dealkylation sites (tertiary alicyclic amines) is 1. The zero-order chi connectivity index (χ0) is 11.4. The standard InChI is InChI=1S/C10H16N2O2S/c1-7-6-9(13)12(10(7)14)5-3-2-4-8(11)15/h7H,2-6H2,1H3,(H2,11,15). The van der Waals surface area contributed by atoms with Crippen LogP contribution in [-0.4, -0.2) is 28.2 Å². The van der Waals surface area contributed by atoms with Crippen molar-refractivity contribution in [3.63, 3.8) is 0 Å². The molecular formula is C10H16N2O2S. The number of carbonyl (C=O) groups excluding carboxylic acids is 2. The normalized spacial score (nSPS) is 21.1. The van der Waals surface area contributed by atoms with Crippen LogP contribution in [0.15, 0.2) is 0 Å². The first-order valence-corrected chi connectivity index (χ1v) is 5.55. The summed E-state index contributed by atoms with van der Waals surface area (Å²) in [5.74, 6) is -0.244. The topological polar surface area (TPSA) is 63.4 Å². The maximum atomic E-state index is 11.5. The Morgan fingerprint density at radius 2 is 2.20 bits per heavy atom. The SMILES string of the molecule is CC1CC(=O)N(CCCCC(N)=S)C1=O. The molecule has 1 unspecified atom stereocenters. The van der Waals surface area contributed by atoms with Gasteiger partial charge in [0.05, 0.1) is 4.99 Å². The van der Waals surface area contributed by atoms with Crippen LogP contribution in [0.3, 0.4) is 0 Å². The average Bonchev–Trinajstić information content (AvgIpc) is 2.37. The first kappa shape index (κ1) is 12.1. The molecule has 2 N–H and O–H groups in total. The molecule has 0 aromatic carbocycles. The minimum Gasteiger partial charge on any atom is -0.393 e. The van der Waals surface area contributed by atoms with Crippen LogP contribution in [0.25, 0.3) is 0 Å². The Kier molecular flexibility index (Phi) is 4.20. The fraction of sp³-hybridized carbons (Fsp3) is 0.700. The second-order valence-electron chi connectivity index (χ2n) is 3.91. The number of hydrogen-bond acceptors (Lipinski definition) is 3. The van der Waals surface area contributed by atoms with E-state index in [1.807, 2.05) is 0 Å². The summed E-state index contributed by atoms with van der Waals surface area (Å²) in [5.41, 5.74) is 5.35. The van der Waals surface area contributed by atoms with Gasteiger partial charge in [-0.3, -0.25) is 14.5 Å². The van der Waals surface area contributed by atoms with Gasteiger partial charge >= 0.3 is 0 Å². The molecule has 0 saturated carbocycles. The third-order valence-electron chi connectivity index (χ3n) is 2.52. The number of unbranched alkanes of at least 4 members (excludes halogenated alkanes) is 1. The van der Waals surface area contributed by atoms with Crippen LogP contribution in [0.4, 0.5) is 0 Å². The van der Waals surface area contributed by atoms with Gasteiger partial charge in [-0.2, -0.15) is 0 Å². The molecule has 2 amide bonds. The van der Waals surface area contributed by atoms with Crippen molar-refractivity contribution in [2.24, 2.45) is 11.7 Å². The first-order chi connectivity index (χ1) is 7.02. The van der Waals surface area contributed by atoms with Gasteiger partial charge in [-0.25, -0.2) is 0 Å². The number of amides is 2. The highest BCUT2D eigenvalue weighted by Gasteiger charge is 2.34. The molecule has 1 rings (SSSR count). The minimum atomic E-state index is -0.145. The number of nitrogens with two attached hydrogens (primary N) is 1. The zero-order valence-corrected chi connectivity index (χ0v) is 9.68. The smallest absolute Gasteiger partial charge is 0.232 e. The van der Waals surface area contributed by atoms with Crippen molar-refractivity contribution in [1.29, 1.82) is 0 Å². The lowest BCUT2D eigenvalue weighted by Crippen LogP contribution is -2.31. The van der Waals surface area contributed by atoms with Gasteiger partial charge < -0.3 is 5.73 Å². The van der Waals surface area contributed by atoms with Crippen molar-refractivity contribution in [3.8, 4) is 0 Å². The molecule has 1 atom stereocenters. The van der Waals surface area contributed by atoms with E-state index in [1.165, 1.54) is 4.90 Å². The van der Waals surface area contributed by atoms with Crippen molar-refractivity contribution < 1.29 is 9.59 Å². The molecule has 84 valence electrons. The Morgan fingerprint density at radius 3 is 2.67 bits per heavy atom. The molecule has 1 aliphatic rings.